The van der Waals surface area contributed by atoms with Crippen LogP contribution in [-0.4, -0.2) is 0 Å². The average Bonchev–Trinajstić information content (AvgIpc) is 2.07. The van der Waals surface area contributed by atoms with Gasteiger partial charge in [0, 0.05) is 5.41 Å². The molecule has 0 aliphatic heterocycles. The lowest BCUT2D eigenvalue weighted by Gasteiger charge is -2.09. The Balaban J connectivity index is 2.93. The van der Waals surface area contributed by atoms with E-state index in [9.17, 15) is 0 Å². The summed E-state index contributed by atoms with van der Waals surface area (Å²) in [5, 5.41) is 1.42. The monoisotopic (exact) mass is 232 g/mol. The van der Waals surface area contributed by atoms with Gasteiger partial charge in [-0.05, 0) is 66.6 Å². The third kappa shape index (κ3) is 3.99. The molecule has 0 saturated carbocycles. The van der Waals surface area contributed by atoms with Crippen LogP contribution in [0.5, 0.6) is 0 Å². The molecule has 0 N–H and O–H groups in total. The molecule has 1 aromatic carbocycles. The zero-order valence-electron chi connectivity index (χ0n) is 11.2. The molecule has 0 aliphatic rings. The summed E-state index contributed by atoms with van der Waals surface area (Å²) in [6.45, 7) is 13.0. The summed E-state index contributed by atoms with van der Waals surface area (Å²) >= 11 is 0. The quantitative estimate of drug-likeness (QED) is 0.508. The molecule has 0 heterocycles. The van der Waals surface area contributed by atoms with E-state index >= 15 is 0 Å². The van der Waals surface area contributed by atoms with Crippen LogP contribution in [0.4, 0.5) is 0 Å². The van der Waals surface area contributed by atoms with Crippen molar-refractivity contribution in [3.63, 3.8) is 0 Å². The lowest BCUT2D eigenvalue weighted by molar-refractivity contribution is 0.571. The van der Waals surface area contributed by atoms with Crippen molar-refractivity contribution in [2.24, 2.45) is 5.41 Å². The highest BCUT2D eigenvalue weighted by Gasteiger charge is 2.05. The molecule has 86 valence electrons. The molecule has 0 nitrogen and oxygen atoms in total. The van der Waals surface area contributed by atoms with Gasteiger partial charge in [0.25, 0.3) is 0 Å². The first kappa shape index (κ1) is 13.3. The molecular weight excluding hydrogens is 211 g/mol. The lowest BCUT2D eigenvalue weighted by Crippen LogP contribution is -2.05. The van der Waals surface area contributed by atoms with Gasteiger partial charge in [-0.1, -0.05) is 29.3 Å². The number of rotatable bonds is 1. The summed E-state index contributed by atoms with van der Waals surface area (Å²) in [5.74, 6) is 3.30. The molecule has 16 heavy (non-hydrogen) atoms. The number of benzene rings is 1. The number of aryl methyl sites for hydroxylation is 3. The second-order valence-electron chi connectivity index (χ2n) is 5.40. The molecule has 0 saturated heterocycles. The molecule has 0 aliphatic carbocycles. The normalized spacial score (nSPS) is 11.6. The number of hydrogen-bond donors (Lipinski definition) is 0. The predicted molar refractivity (Wildman–Crippen MR) is 75.8 cm³/mol. The average molecular weight is 232 g/mol. The van der Waals surface area contributed by atoms with Crippen LogP contribution in [0, 0.1) is 37.8 Å². The predicted octanol–water partition coefficient (Wildman–Crippen LogP) is 3.92. The van der Waals surface area contributed by atoms with Gasteiger partial charge in [0.1, 0.15) is 0 Å². The van der Waals surface area contributed by atoms with E-state index in [0.29, 0.717) is 8.58 Å². The minimum absolute atomic E-state index is 0.111. The summed E-state index contributed by atoms with van der Waals surface area (Å²) in [5.41, 5.74) is 7.52. The van der Waals surface area contributed by atoms with Crippen molar-refractivity contribution >= 4 is 13.9 Å². The Bertz CT molecular complexity index is 416. The minimum Gasteiger partial charge on any atom is -0.0927 e. The molecule has 1 atom stereocenters. The summed E-state index contributed by atoms with van der Waals surface area (Å²) < 4.78 is 0. The van der Waals surface area contributed by atoms with Crippen LogP contribution in [0.1, 0.15) is 37.5 Å². The second-order valence-corrected chi connectivity index (χ2v) is 6.40. The molecule has 0 bridgehead atoms. The van der Waals surface area contributed by atoms with Gasteiger partial charge in [0.2, 0.25) is 0 Å². The van der Waals surface area contributed by atoms with Crippen LogP contribution in [0.15, 0.2) is 12.1 Å². The van der Waals surface area contributed by atoms with Crippen molar-refractivity contribution in [1.29, 1.82) is 0 Å². The Kier molecular flexibility index (Phi) is 4.17. The largest absolute Gasteiger partial charge is 0.0927 e. The Morgan fingerprint density at radius 1 is 1.00 bits per heavy atom. The van der Waals surface area contributed by atoms with Crippen LogP contribution in [0.3, 0.4) is 0 Å². The fourth-order valence-electron chi connectivity index (χ4n) is 1.66. The maximum Gasteiger partial charge on any atom is 0.0233 e. The van der Waals surface area contributed by atoms with Gasteiger partial charge in [-0.3, -0.25) is 0 Å². The van der Waals surface area contributed by atoms with Crippen molar-refractivity contribution < 1.29 is 0 Å². The topological polar surface area (TPSA) is 0 Å². The first-order valence-electron chi connectivity index (χ1n) is 5.65. The van der Waals surface area contributed by atoms with Crippen molar-refractivity contribution in [2.75, 3.05) is 0 Å². The highest BCUT2D eigenvalue weighted by Crippen LogP contribution is 2.18. The van der Waals surface area contributed by atoms with E-state index in [4.69, 9.17) is 0 Å². The Hall–Kier alpha value is -0.790. The Morgan fingerprint density at radius 3 is 1.94 bits per heavy atom. The lowest BCUT2D eigenvalue weighted by atomic mass is 9.99. The van der Waals surface area contributed by atoms with Gasteiger partial charge in [-0.2, -0.15) is 0 Å². The second kappa shape index (κ2) is 5.03. The fraction of sp³-hybridized carbons (Fsp3) is 0.467. The van der Waals surface area contributed by atoms with Gasteiger partial charge < -0.3 is 0 Å². The molecule has 0 aromatic heterocycles. The molecule has 0 radical (unpaired) electrons. The molecule has 1 unspecified atom stereocenters. The maximum absolute atomic E-state index is 3.32. The van der Waals surface area contributed by atoms with E-state index in [0.717, 1.165) is 0 Å². The smallest absolute Gasteiger partial charge is 0.0233 e. The van der Waals surface area contributed by atoms with Crippen molar-refractivity contribution in [1.82, 2.24) is 0 Å². The molecule has 0 spiro atoms. The summed E-state index contributed by atoms with van der Waals surface area (Å²) in [7, 11) is 0.611. The third-order valence-corrected chi connectivity index (χ3v) is 3.59. The molecule has 1 heteroatoms. The SMILES string of the molecule is Cc1cc(C)c(PC#CC(C)(C)C)c(C)c1. The standard InChI is InChI=1S/C15H21P/c1-11-9-12(2)14(13(3)10-11)16-8-7-15(4,5)6/h9-10,16H,1-6H3. The zero-order chi connectivity index (χ0) is 12.3. The Morgan fingerprint density at radius 2 is 1.50 bits per heavy atom. The first-order valence-corrected chi connectivity index (χ1v) is 6.65. The van der Waals surface area contributed by atoms with E-state index in [1.165, 1.54) is 22.0 Å². The first-order chi connectivity index (χ1) is 7.29. The highest BCUT2D eigenvalue weighted by atomic mass is 31.1. The molecule has 1 rings (SSSR count). The fourth-order valence-corrected chi connectivity index (χ4v) is 2.76. The molecule has 0 amide bonds. The van der Waals surface area contributed by atoms with E-state index in [1.807, 2.05) is 0 Å². The molecule has 1 aromatic rings. The van der Waals surface area contributed by atoms with Gasteiger partial charge >= 0.3 is 0 Å². The summed E-state index contributed by atoms with van der Waals surface area (Å²) in [6.07, 6.45) is 0. The zero-order valence-corrected chi connectivity index (χ0v) is 12.2. The van der Waals surface area contributed by atoms with Gasteiger partial charge in [-0.15, -0.1) is 0 Å². The minimum atomic E-state index is 0.111. The van der Waals surface area contributed by atoms with Gasteiger partial charge in [0.15, 0.2) is 0 Å². The maximum atomic E-state index is 3.32. The van der Waals surface area contributed by atoms with Crippen LogP contribution < -0.4 is 5.30 Å². The molecule has 0 fully saturated rings. The Labute approximate surface area is 102 Å². The third-order valence-electron chi connectivity index (χ3n) is 2.30. The van der Waals surface area contributed by atoms with Crippen LogP contribution in [-0.2, 0) is 0 Å². The number of hydrogen-bond acceptors (Lipinski definition) is 0. The van der Waals surface area contributed by atoms with E-state index in [2.05, 4.69) is 65.3 Å². The van der Waals surface area contributed by atoms with Crippen molar-refractivity contribution in [3.05, 3.63) is 28.8 Å². The van der Waals surface area contributed by atoms with Crippen molar-refractivity contribution in [2.45, 2.75) is 41.5 Å². The van der Waals surface area contributed by atoms with E-state index in [1.54, 1.807) is 0 Å². The highest BCUT2D eigenvalue weighted by molar-refractivity contribution is 7.52. The van der Waals surface area contributed by atoms with E-state index < -0.39 is 0 Å². The van der Waals surface area contributed by atoms with E-state index in [-0.39, 0.29) is 5.41 Å². The van der Waals surface area contributed by atoms with Crippen molar-refractivity contribution in [3.8, 4) is 11.6 Å². The van der Waals surface area contributed by atoms with Crippen LogP contribution in [0.25, 0.3) is 0 Å². The summed E-state index contributed by atoms with van der Waals surface area (Å²) in [6, 6.07) is 4.49. The van der Waals surface area contributed by atoms with Crippen LogP contribution >= 0.6 is 8.58 Å². The molecular formula is C15H21P. The van der Waals surface area contributed by atoms with Gasteiger partial charge in [-0.25, -0.2) is 0 Å². The van der Waals surface area contributed by atoms with Crippen LogP contribution in [0.2, 0.25) is 0 Å². The van der Waals surface area contributed by atoms with Gasteiger partial charge in [0.05, 0.1) is 0 Å². The summed E-state index contributed by atoms with van der Waals surface area (Å²) in [4.78, 5) is 0.